The first-order chi connectivity index (χ1) is 9.95. The minimum atomic E-state index is -0.440. The molecule has 0 saturated carbocycles. The number of hydrogen-bond donors (Lipinski definition) is 3. The molecule has 0 aromatic carbocycles. The molecule has 2 heterocycles. The molecule has 3 N–H and O–H groups in total. The molecular formula is C13H17N5O3. The number of nitrogens with zero attached hydrogens (tertiary/aromatic N) is 2. The van der Waals surface area contributed by atoms with Gasteiger partial charge in [-0.3, -0.25) is 20.0 Å². The number of carbonyl (C=O) groups excluding carboxylic acids is 1. The molecule has 0 atom stereocenters. The Bertz CT molecular complexity index is 689. The minimum absolute atomic E-state index is 0.0913. The zero-order chi connectivity index (χ0) is 15.4. The number of ether oxygens (including phenoxy) is 1. The van der Waals surface area contributed by atoms with E-state index in [1.165, 1.54) is 12.3 Å². The standard InChI is InChI=1S/C13H17N5O3/c1-7(2)12-16-13(18-17-12)15-11(20)6-21-10-5-14-8(3)4-9(10)19/h4-5,7H,6H2,1-3H3,(H,14,19)(H2,15,16,17,18,20). The van der Waals surface area contributed by atoms with Gasteiger partial charge in [-0.1, -0.05) is 13.8 Å². The molecule has 2 aromatic heterocycles. The van der Waals surface area contributed by atoms with Gasteiger partial charge in [-0.25, -0.2) is 0 Å². The van der Waals surface area contributed by atoms with Crippen LogP contribution < -0.4 is 15.5 Å². The second-order valence-electron chi connectivity index (χ2n) is 4.88. The molecule has 0 radical (unpaired) electrons. The molecule has 112 valence electrons. The molecule has 0 unspecified atom stereocenters. The first-order valence-corrected chi connectivity index (χ1v) is 6.50. The number of pyridine rings is 1. The molecule has 0 aliphatic rings. The second kappa shape index (κ2) is 6.21. The first kappa shape index (κ1) is 14.8. The summed E-state index contributed by atoms with van der Waals surface area (Å²) in [6.45, 7) is 5.38. The summed E-state index contributed by atoms with van der Waals surface area (Å²) in [6, 6.07) is 1.40. The van der Waals surface area contributed by atoms with Crippen molar-refractivity contribution < 1.29 is 9.53 Å². The number of anilines is 1. The molecule has 0 bridgehead atoms. The summed E-state index contributed by atoms with van der Waals surface area (Å²) >= 11 is 0. The average molecular weight is 291 g/mol. The highest BCUT2D eigenvalue weighted by Crippen LogP contribution is 2.09. The highest BCUT2D eigenvalue weighted by atomic mass is 16.5. The van der Waals surface area contributed by atoms with Crippen LogP contribution in [0, 0.1) is 6.92 Å². The number of aryl methyl sites for hydroxylation is 1. The number of carbonyl (C=O) groups is 1. The molecule has 1 amide bonds. The predicted octanol–water partition coefficient (Wildman–Crippen LogP) is 0.942. The van der Waals surface area contributed by atoms with Crippen LogP contribution in [0.1, 0.15) is 31.3 Å². The number of nitrogens with one attached hydrogen (secondary N) is 3. The predicted molar refractivity (Wildman–Crippen MR) is 76.4 cm³/mol. The van der Waals surface area contributed by atoms with Gasteiger partial charge in [-0.05, 0) is 6.92 Å². The molecule has 0 spiro atoms. The Labute approximate surface area is 121 Å². The molecule has 0 aliphatic heterocycles. The van der Waals surface area contributed by atoms with Crippen LogP contribution in [0.25, 0.3) is 0 Å². The van der Waals surface area contributed by atoms with Crippen LogP contribution in [-0.4, -0.2) is 32.7 Å². The van der Waals surface area contributed by atoms with Crippen LogP contribution in [-0.2, 0) is 4.79 Å². The van der Waals surface area contributed by atoms with Crippen molar-refractivity contribution in [2.45, 2.75) is 26.7 Å². The van der Waals surface area contributed by atoms with Gasteiger partial charge in [-0.15, -0.1) is 5.10 Å². The second-order valence-corrected chi connectivity index (χ2v) is 4.88. The fourth-order valence-electron chi connectivity index (χ4n) is 1.57. The van der Waals surface area contributed by atoms with Gasteiger partial charge in [0.2, 0.25) is 11.4 Å². The van der Waals surface area contributed by atoms with Gasteiger partial charge in [0.1, 0.15) is 5.82 Å². The van der Waals surface area contributed by atoms with E-state index in [9.17, 15) is 9.59 Å². The maximum Gasteiger partial charge on any atom is 0.264 e. The van der Waals surface area contributed by atoms with Gasteiger partial charge in [0.15, 0.2) is 12.4 Å². The molecule has 8 heteroatoms. The largest absolute Gasteiger partial charge is 0.478 e. The Morgan fingerprint density at radius 1 is 1.48 bits per heavy atom. The molecule has 0 fully saturated rings. The van der Waals surface area contributed by atoms with Crippen LogP contribution >= 0.6 is 0 Å². The SMILES string of the molecule is Cc1cc(=O)c(OCC(=O)Nc2n[nH]c(C(C)C)n2)c[nH]1. The number of H-pyrrole nitrogens is 2. The van der Waals surface area contributed by atoms with Crippen molar-refractivity contribution >= 4 is 11.9 Å². The number of hydrogen-bond acceptors (Lipinski definition) is 5. The summed E-state index contributed by atoms with van der Waals surface area (Å²) in [7, 11) is 0. The van der Waals surface area contributed by atoms with Crippen molar-refractivity contribution in [3.63, 3.8) is 0 Å². The number of aromatic nitrogens is 4. The fourth-order valence-corrected chi connectivity index (χ4v) is 1.57. The van der Waals surface area contributed by atoms with E-state index in [0.29, 0.717) is 5.82 Å². The lowest BCUT2D eigenvalue weighted by atomic mass is 10.2. The summed E-state index contributed by atoms with van der Waals surface area (Å²) in [6.07, 6.45) is 1.43. The molecule has 0 saturated heterocycles. The van der Waals surface area contributed by atoms with Crippen molar-refractivity contribution in [1.82, 2.24) is 20.2 Å². The summed E-state index contributed by atoms with van der Waals surface area (Å²) in [5, 5.41) is 9.09. The Kier molecular flexibility index (Phi) is 4.36. The van der Waals surface area contributed by atoms with Gasteiger partial charge in [-0.2, -0.15) is 4.98 Å². The van der Waals surface area contributed by atoms with Gasteiger partial charge in [0.25, 0.3) is 5.91 Å². The van der Waals surface area contributed by atoms with E-state index in [0.717, 1.165) is 5.69 Å². The van der Waals surface area contributed by atoms with E-state index >= 15 is 0 Å². The Morgan fingerprint density at radius 2 is 2.24 bits per heavy atom. The zero-order valence-corrected chi connectivity index (χ0v) is 12.1. The van der Waals surface area contributed by atoms with Crippen molar-refractivity contribution in [1.29, 1.82) is 0 Å². The Morgan fingerprint density at radius 3 is 2.86 bits per heavy atom. The summed E-state index contributed by atoms with van der Waals surface area (Å²) in [5.41, 5.74) is 0.442. The van der Waals surface area contributed by atoms with E-state index in [4.69, 9.17) is 4.74 Å². The van der Waals surface area contributed by atoms with Crippen LogP contribution in [0.15, 0.2) is 17.1 Å². The van der Waals surface area contributed by atoms with Crippen molar-refractivity contribution in [3.8, 4) is 5.75 Å². The smallest absolute Gasteiger partial charge is 0.264 e. The monoisotopic (exact) mass is 291 g/mol. The lowest BCUT2D eigenvalue weighted by molar-refractivity contribution is -0.118. The molecule has 0 aliphatic carbocycles. The van der Waals surface area contributed by atoms with Gasteiger partial charge < -0.3 is 9.72 Å². The zero-order valence-electron chi connectivity index (χ0n) is 12.1. The van der Waals surface area contributed by atoms with Crippen LogP contribution in [0.4, 0.5) is 5.95 Å². The maximum atomic E-state index is 11.7. The number of amides is 1. The van der Waals surface area contributed by atoms with Crippen LogP contribution in [0.2, 0.25) is 0 Å². The van der Waals surface area contributed by atoms with Crippen molar-refractivity contribution in [3.05, 3.63) is 34.0 Å². The maximum absolute atomic E-state index is 11.7. The summed E-state index contributed by atoms with van der Waals surface area (Å²) in [4.78, 5) is 30.2. The third-order valence-electron chi connectivity index (χ3n) is 2.68. The third kappa shape index (κ3) is 3.91. The molecule has 2 aromatic rings. The summed E-state index contributed by atoms with van der Waals surface area (Å²) in [5.74, 6) is 0.703. The molecule has 21 heavy (non-hydrogen) atoms. The Balaban J connectivity index is 1.91. The normalized spacial score (nSPS) is 10.7. The average Bonchev–Trinajstić information content (AvgIpc) is 2.86. The number of rotatable bonds is 5. The molecule has 2 rings (SSSR count). The van der Waals surface area contributed by atoms with Gasteiger partial charge >= 0.3 is 0 Å². The van der Waals surface area contributed by atoms with E-state index in [1.54, 1.807) is 6.92 Å². The van der Waals surface area contributed by atoms with Crippen molar-refractivity contribution in [2.24, 2.45) is 0 Å². The van der Waals surface area contributed by atoms with E-state index in [1.807, 2.05) is 13.8 Å². The van der Waals surface area contributed by atoms with E-state index < -0.39 is 5.91 Å². The lowest BCUT2D eigenvalue weighted by Crippen LogP contribution is -2.22. The third-order valence-corrected chi connectivity index (χ3v) is 2.68. The number of aromatic amines is 2. The van der Waals surface area contributed by atoms with Crippen molar-refractivity contribution in [2.75, 3.05) is 11.9 Å². The van der Waals surface area contributed by atoms with Gasteiger partial charge in [0, 0.05) is 23.9 Å². The van der Waals surface area contributed by atoms with Gasteiger partial charge in [0.05, 0.1) is 0 Å². The van der Waals surface area contributed by atoms with Crippen LogP contribution in [0.3, 0.4) is 0 Å². The molecule has 8 nitrogen and oxygen atoms in total. The topological polar surface area (TPSA) is 113 Å². The van der Waals surface area contributed by atoms with E-state index in [-0.39, 0.29) is 29.7 Å². The highest BCUT2D eigenvalue weighted by Gasteiger charge is 2.11. The highest BCUT2D eigenvalue weighted by molar-refractivity contribution is 5.90. The van der Waals surface area contributed by atoms with Crippen LogP contribution in [0.5, 0.6) is 5.75 Å². The lowest BCUT2D eigenvalue weighted by Gasteiger charge is -2.05. The minimum Gasteiger partial charge on any atom is -0.478 e. The fraction of sp³-hybridized carbons (Fsp3) is 0.385. The Hall–Kier alpha value is -2.64. The first-order valence-electron chi connectivity index (χ1n) is 6.50. The quantitative estimate of drug-likeness (QED) is 0.759. The summed E-state index contributed by atoms with van der Waals surface area (Å²) < 4.78 is 5.16. The molecular weight excluding hydrogens is 274 g/mol. The van der Waals surface area contributed by atoms with E-state index in [2.05, 4.69) is 25.5 Å².